The lowest BCUT2D eigenvalue weighted by atomic mass is 9.74. The van der Waals surface area contributed by atoms with E-state index in [1.54, 1.807) is 7.11 Å². The lowest BCUT2D eigenvalue weighted by Crippen LogP contribution is -2.56. The smallest absolute Gasteiger partial charge is 0.128 e. The van der Waals surface area contributed by atoms with Crippen LogP contribution in [0.4, 0.5) is 0 Å². The van der Waals surface area contributed by atoms with E-state index >= 15 is 0 Å². The van der Waals surface area contributed by atoms with Crippen molar-refractivity contribution in [3.05, 3.63) is 0 Å². The fourth-order valence-corrected chi connectivity index (χ4v) is 2.33. The first-order valence-corrected chi connectivity index (χ1v) is 5.02. The lowest BCUT2D eigenvalue weighted by Gasteiger charge is -2.48. The van der Waals surface area contributed by atoms with Gasteiger partial charge in [-0.2, -0.15) is 0 Å². The van der Waals surface area contributed by atoms with Gasteiger partial charge >= 0.3 is 0 Å². The highest BCUT2D eigenvalue weighted by Crippen LogP contribution is 2.42. The van der Waals surface area contributed by atoms with Gasteiger partial charge in [0, 0.05) is 13.0 Å². The van der Waals surface area contributed by atoms with Crippen molar-refractivity contribution in [3.8, 4) is 0 Å². The number of hydrogen-bond donors (Lipinski definition) is 0. The van der Waals surface area contributed by atoms with Crippen molar-refractivity contribution in [2.24, 2.45) is 5.92 Å². The zero-order valence-electron chi connectivity index (χ0n) is 8.58. The monoisotopic (exact) mass is 186 g/mol. The molecule has 1 saturated heterocycles. The highest BCUT2D eigenvalue weighted by molar-refractivity contribution is 4.94. The fraction of sp³-hybridized carbons (Fsp3) is 1.00. The summed E-state index contributed by atoms with van der Waals surface area (Å²) >= 11 is 0. The molecule has 0 amide bonds. The van der Waals surface area contributed by atoms with Gasteiger partial charge in [-0.05, 0) is 26.7 Å². The maximum Gasteiger partial charge on any atom is 0.128 e. The Morgan fingerprint density at radius 1 is 1.23 bits per heavy atom. The highest BCUT2D eigenvalue weighted by atomic mass is 17.2. The highest BCUT2D eigenvalue weighted by Gasteiger charge is 2.49. The maximum atomic E-state index is 5.49. The average Bonchev–Trinajstić information content (AvgIpc) is 2.06. The molecule has 0 aromatic rings. The van der Waals surface area contributed by atoms with Gasteiger partial charge < -0.3 is 4.74 Å². The van der Waals surface area contributed by atoms with Crippen LogP contribution in [-0.4, -0.2) is 24.9 Å². The quantitative estimate of drug-likeness (QED) is 0.616. The topological polar surface area (TPSA) is 27.7 Å². The third-order valence-electron chi connectivity index (χ3n) is 3.48. The van der Waals surface area contributed by atoms with Crippen LogP contribution in [0.3, 0.4) is 0 Å². The molecule has 3 nitrogen and oxygen atoms in total. The molecule has 1 saturated carbocycles. The van der Waals surface area contributed by atoms with E-state index in [0.717, 1.165) is 6.42 Å². The minimum absolute atomic E-state index is 0.0902. The Balaban J connectivity index is 2.05. The standard InChI is InChI=1S/C10H18O3/c1-10(2,11-3)7-5-4-6-8-9(7)13-12-8/h7-9H,4-6H2,1-3H3. The summed E-state index contributed by atoms with van der Waals surface area (Å²) in [5.41, 5.74) is -0.0902. The maximum absolute atomic E-state index is 5.49. The molecule has 13 heavy (non-hydrogen) atoms. The van der Waals surface area contributed by atoms with Crippen molar-refractivity contribution < 1.29 is 14.5 Å². The number of fused-ring (bicyclic) bond motifs is 1. The third-order valence-corrected chi connectivity index (χ3v) is 3.48. The minimum atomic E-state index is -0.0902. The molecule has 0 bridgehead atoms. The van der Waals surface area contributed by atoms with Crippen LogP contribution in [0, 0.1) is 5.92 Å². The SMILES string of the molecule is COC(C)(C)C1CCCC2OOC21. The summed E-state index contributed by atoms with van der Waals surface area (Å²) in [6.07, 6.45) is 4.14. The van der Waals surface area contributed by atoms with E-state index in [2.05, 4.69) is 13.8 Å². The van der Waals surface area contributed by atoms with Gasteiger partial charge in [0.25, 0.3) is 0 Å². The number of ether oxygens (including phenoxy) is 1. The summed E-state index contributed by atoms with van der Waals surface area (Å²) in [5, 5.41) is 0. The van der Waals surface area contributed by atoms with Crippen LogP contribution in [0.1, 0.15) is 33.1 Å². The molecule has 0 spiro atoms. The average molecular weight is 186 g/mol. The van der Waals surface area contributed by atoms with Crippen LogP contribution >= 0.6 is 0 Å². The van der Waals surface area contributed by atoms with E-state index < -0.39 is 0 Å². The molecule has 3 atom stereocenters. The summed E-state index contributed by atoms with van der Waals surface area (Å²) in [6.45, 7) is 4.25. The number of rotatable bonds is 2. The van der Waals surface area contributed by atoms with Crippen molar-refractivity contribution in [1.82, 2.24) is 0 Å². The molecule has 2 fully saturated rings. The Labute approximate surface area is 79.3 Å². The second-order valence-corrected chi connectivity index (χ2v) is 4.54. The summed E-state index contributed by atoms with van der Waals surface area (Å²) in [4.78, 5) is 10.2. The molecule has 0 N–H and O–H groups in total. The zero-order valence-corrected chi connectivity index (χ0v) is 8.58. The van der Waals surface area contributed by atoms with Gasteiger partial charge in [0.15, 0.2) is 0 Å². The van der Waals surface area contributed by atoms with Crippen LogP contribution in [0.2, 0.25) is 0 Å². The molecular formula is C10H18O3. The molecule has 2 rings (SSSR count). The molecule has 3 heteroatoms. The van der Waals surface area contributed by atoms with Gasteiger partial charge in [0.05, 0.1) is 5.60 Å². The van der Waals surface area contributed by atoms with E-state index in [1.165, 1.54) is 12.8 Å². The van der Waals surface area contributed by atoms with Gasteiger partial charge in [-0.25, -0.2) is 9.78 Å². The van der Waals surface area contributed by atoms with E-state index in [0.29, 0.717) is 12.0 Å². The molecule has 0 aromatic carbocycles. The fourth-order valence-electron chi connectivity index (χ4n) is 2.33. The van der Waals surface area contributed by atoms with Crippen LogP contribution < -0.4 is 0 Å². The predicted molar refractivity (Wildman–Crippen MR) is 48.2 cm³/mol. The summed E-state index contributed by atoms with van der Waals surface area (Å²) in [6, 6.07) is 0. The predicted octanol–water partition coefficient (Wildman–Crippen LogP) is 1.91. The van der Waals surface area contributed by atoms with Crippen molar-refractivity contribution in [2.75, 3.05) is 7.11 Å². The second kappa shape index (κ2) is 3.23. The molecule has 1 aliphatic carbocycles. The van der Waals surface area contributed by atoms with Crippen LogP contribution in [0.15, 0.2) is 0 Å². The largest absolute Gasteiger partial charge is 0.378 e. The van der Waals surface area contributed by atoms with Crippen molar-refractivity contribution >= 4 is 0 Å². The van der Waals surface area contributed by atoms with E-state index in [9.17, 15) is 0 Å². The lowest BCUT2D eigenvalue weighted by molar-refractivity contribution is -0.486. The van der Waals surface area contributed by atoms with E-state index in [1.807, 2.05) is 0 Å². The Kier molecular flexibility index (Phi) is 2.34. The van der Waals surface area contributed by atoms with Crippen molar-refractivity contribution in [3.63, 3.8) is 0 Å². The Morgan fingerprint density at radius 2 is 2.00 bits per heavy atom. The Bertz CT molecular complexity index is 191. The minimum Gasteiger partial charge on any atom is -0.378 e. The Morgan fingerprint density at radius 3 is 2.54 bits per heavy atom. The first-order chi connectivity index (χ1) is 6.15. The zero-order chi connectivity index (χ0) is 9.47. The van der Waals surface area contributed by atoms with Crippen LogP contribution in [0.5, 0.6) is 0 Å². The molecule has 0 radical (unpaired) electrons. The first kappa shape index (κ1) is 9.44. The number of methoxy groups -OCH3 is 1. The van der Waals surface area contributed by atoms with Gasteiger partial charge in [-0.15, -0.1) is 0 Å². The van der Waals surface area contributed by atoms with Crippen LogP contribution in [0.25, 0.3) is 0 Å². The molecule has 1 aliphatic heterocycles. The summed E-state index contributed by atoms with van der Waals surface area (Å²) in [5.74, 6) is 0.477. The summed E-state index contributed by atoms with van der Waals surface area (Å²) in [7, 11) is 1.77. The first-order valence-electron chi connectivity index (χ1n) is 5.02. The van der Waals surface area contributed by atoms with Crippen molar-refractivity contribution in [2.45, 2.75) is 50.9 Å². The van der Waals surface area contributed by atoms with Crippen molar-refractivity contribution in [1.29, 1.82) is 0 Å². The molecule has 1 heterocycles. The third kappa shape index (κ3) is 1.49. The van der Waals surface area contributed by atoms with Crippen LogP contribution in [-0.2, 0) is 14.5 Å². The molecular weight excluding hydrogens is 168 g/mol. The summed E-state index contributed by atoms with van der Waals surface area (Å²) < 4.78 is 5.49. The van der Waals surface area contributed by atoms with Gasteiger partial charge in [-0.1, -0.05) is 6.42 Å². The number of hydrogen-bond acceptors (Lipinski definition) is 3. The molecule has 2 aliphatic rings. The van der Waals surface area contributed by atoms with E-state index in [4.69, 9.17) is 14.5 Å². The van der Waals surface area contributed by atoms with E-state index in [-0.39, 0.29) is 11.7 Å². The normalized spacial score (nSPS) is 39.5. The van der Waals surface area contributed by atoms with Gasteiger partial charge in [0.1, 0.15) is 12.2 Å². The van der Waals surface area contributed by atoms with Gasteiger partial charge in [0.2, 0.25) is 0 Å². The molecule has 3 unspecified atom stereocenters. The Hall–Kier alpha value is -0.120. The van der Waals surface area contributed by atoms with Gasteiger partial charge in [-0.3, -0.25) is 0 Å². The molecule has 0 aromatic heterocycles. The molecule has 76 valence electrons. The second-order valence-electron chi connectivity index (χ2n) is 4.54.